The van der Waals surface area contributed by atoms with Crippen LogP contribution in [0, 0.1) is 5.92 Å². The summed E-state index contributed by atoms with van der Waals surface area (Å²) in [6.45, 7) is 3.07. The van der Waals surface area contributed by atoms with Gasteiger partial charge in [-0.15, -0.1) is 0 Å². The van der Waals surface area contributed by atoms with E-state index in [0.717, 1.165) is 18.5 Å². The maximum absolute atomic E-state index is 5.29. The van der Waals surface area contributed by atoms with Crippen LogP contribution in [0.25, 0.3) is 0 Å². The van der Waals surface area contributed by atoms with E-state index < -0.39 is 0 Å². The Hall–Kier alpha value is -0.900. The number of ether oxygens (including phenoxy) is 1. The van der Waals surface area contributed by atoms with Crippen LogP contribution in [0.4, 0.5) is 0 Å². The number of piperidine rings is 1. The average molecular weight is 288 g/mol. The van der Waals surface area contributed by atoms with Crippen LogP contribution in [0.15, 0.2) is 24.3 Å². The molecular weight excluding hydrogens is 260 g/mol. The highest BCUT2D eigenvalue weighted by Gasteiger charge is 2.32. The van der Waals surface area contributed by atoms with Crippen molar-refractivity contribution in [3.63, 3.8) is 0 Å². The fourth-order valence-corrected chi connectivity index (χ4v) is 3.64. The third kappa shape index (κ3) is 3.85. The second-order valence-electron chi connectivity index (χ2n) is 6.69. The molecule has 1 aliphatic carbocycles. The van der Waals surface area contributed by atoms with Gasteiger partial charge in [0.15, 0.2) is 0 Å². The minimum Gasteiger partial charge on any atom is -0.380 e. The third-order valence-corrected chi connectivity index (χ3v) is 4.86. The minimum absolute atomic E-state index is 0.543. The topological polar surface area (TPSA) is 24.5 Å². The van der Waals surface area contributed by atoms with Gasteiger partial charge in [0, 0.05) is 25.7 Å². The molecule has 116 valence electrons. The smallest absolute Gasteiger partial charge is 0.0713 e. The molecule has 0 aromatic heterocycles. The Bertz CT molecular complexity index is 458. The molecule has 1 aromatic rings. The first-order valence-corrected chi connectivity index (χ1v) is 8.29. The van der Waals surface area contributed by atoms with Gasteiger partial charge in [-0.05, 0) is 56.3 Å². The van der Waals surface area contributed by atoms with Gasteiger partial charge in [0.2, 0.25) is 0 Å². The number of likely N-dealkylation sites (tertiary alicyclic amines) is 1. The van der Waals surface area contributed by atoms with Crippen molar-refractivity contribution < 1.29 is 4.74 Å². The molecule has 2 atom stereocenters. The summed E-state index contributed by atoms with van der Waals surface area (Å²) in [6, 6.07) is 10.3. The summed E-state index contributed by atoms with van der Waals surface area (Å²) >= 11 is 0. The molecule has 1 saturated heterocycles. The number of methoxy groups -OCH3 is 1. The van der Waals surface area contributed by atoms with Crippen molar-refractivity contribution in [2.75, 3.05) is 27.2 Å². The molecule has 2 fully saturated rings. The van der Waals surface area contributed by atoms with Gasteiger partial charge in [-0.2, -0.15) is 0 Å². The van der Waals surface area contributed by atoms with Crippen LogP contribution in [0.3, 0.4) is 0 Å². The van der Waals surface area contributed by atoms with Crippen molar-refractivity contribution in [2.24, 2.45) is 5.92 Å². The van der Waals surface area contributed by atoms with E-state index in [9.17, 15) is 0 Å². The van der Waals surface area contributed by atoms with Gasteiger partial charge < -0.3 is 10.1 Å². The molecule has 3 heteroatoms. The second-order valence-corrected chi connectivity index (χ2v) is 6.69. The van der Waals surface area contributed by atoms with Gasteiger partial charge in [0.1, 0.15) is 0 Å². The summed E-state index contributed by atoms with van der Waals surface area (Å²) in [6.07, 6.45) is 5.40. The first kappa shape index (κ1) is 15.0. The van der Waals surface area contributed by atoms with Gasteiger partial charge >= 0.3 is 0 Å². The van der Waals surface area contributed by atoms with Gasteiger partial charge in [0.05, 0.1) is 6.61 Å². The number of hydrogen-bond acceptors (Lipinski definition) is 3. The van der Waals surface area contributed by atoms with E-state index in [0.29, 0.717) is 12.6 Å². The Kier molecular flexibility index (Phi) is 4.94. The standard InChI is InChI=1S/C18H28N2O/c1-20-10-4-7-16(12-19-17-8-9-17)18(20)15-6-3-5-14(11-15)13-21-2/h3,5-6,11,16-19H,4,7-10,12-13H2,1-2H3. The number of hydrogen-bond donors (Lipinski definition) is 1. The molecule has 2 aliphatic rings. The van der Waals surface area contributed by atoms with Gasteiger partial charge in [-0.3, -0.25) is 4.90 Å². The first-order valence-electron chi connectivity index (χ1n) is 8.29. The summed E-state index contributed by atoms with van der Waals surface area (Å²) in [5.41, 5.74) is 2.73. The van der Waals surface area contributed by atoms with Crippen LogP contribution in [0.2, 0.25) is 0 Å². The molecule has 21 heavy (non-hydrogen) atoms. The minimum atomic E-state index is 0.543. The highest BCUT2D eigenvalue weighted by atomic mass is 16.5. The zero-order chi connectivity index (χ0) is 14.7. The van der Waals surface area contributed by atoms with E-state index in [-0.39, 0.29) is 0 Å². The molecule has 0 bridgehead atoms. The second kappa shape index (κ2) is 6.91. The number of benzene rings is 1. The van der Waals surface area contributed by atoms with Crippen LogP contribution in [0.1, 0.15) is 42.9 Å². The van der Waals surface area contributed by atoms with Crippen molar-refractivity contribution in [1.82, 2.24) is 10.2 Å². The highest BCUT2D eigenvalue weighted by molar-refractivity contribution is 5.27. The van der Waals surface area contributed by atoms with E-state index in [1.807, 2.05) is 0 Å². The number of nitrogens with one attached hydrogen (secondary N) is 1. The van der Waals surface area contributed by atoms with Crippen LogP contribution in [0.5, 0.6) is 0 Å². The van der Waals surface area contributed by atoms with E-state index in [1.54, 1.807) is 7.11 Å². The van der Waals surface area contributed by atoms with E-state index in [1.165, 1.54) is 43.4 Å². The molecule has 0 spiro atoms. The largest absolute Gasteiger partial charge is 0.380 e. The Morgan fingerprint density at radius 1 is 1.29 bits per heavy atom. The fraction of sp³-hybridized carbons (Fsp3) is 0.667. The molecular formula is C18H28N2O. The predicted octanol–water partition coefficient (Wildman–Crippen LogP) is 2.97. The molecule has 0 amide bonds. The summed E-state index contributed by atoms with van der Waals surface area (Å²) < 4.78 is 5.29. The molecule has 2 unspecified atom stereocenters. The van der Waals surface area contributed by atoms with Crippen molar-refractivity contribution in [1.29, 1.82) is 0 Å². The summed E-state index contributed by atoms with van der Waals surface area (Å²) in [5.74, 6) is 0.724. The zero-order valence-electron chi connectivity index (χ0n) is 13.3. The average Bonchev–Trinajstić information content (AvgIpc) is 3.30. The fourth-order valence-electron chi connectivity index (χ4n) is 3.64. The summed E-state index contributed by atoms with van der Waals surface area (Å²) in [4.78, 5) is 2.54. The zero-order valence-corrected chi connectivity index (χ0v) is 13.3. The monoisotopic (exact) mass is 288 g/mol. The Balaban J connectivity index is 1.75. The first-order chi connectivity index (χ1) is 10.3. The lowest BCUT2D eigenvalue weighted by Crippen LogP contribution is -2.41. The van der Waals surface area contributed by atoms with E-state index in [2.05, 4.69) is 41.5 Å². The molecule has 1 saturated carbocycles. The van der Waals surface area contributed by atoms with Crippen LogP contribution in [-0.2, 0) is 11.3 Å². The van der Waals surface area contributed by atoms with E-state index in [4.69, 9.17) is 4.74 Å². The number of rotatable bonds is 6. The lowest BCUT2D eigenvalue weighted by Gasteiger charge is -2.40. The molecule has 1 heterocycles. The molecule has 1 aromatic carbocycles. The van der Waals surface area contributed by atoms with Crippen molar-refractivity contribution in [3.8, 4) is 0 Å². The Morgan fingerprint density at radius 2 is 2.14 bits per heavy atom. The summed E-state index contributed by atoms with van der Waals surface area (Å²) in [7, 11) is 4.04. The number of nitrogens with zero attached hydrogens (tertiary/aromatic N) is 1. The van der Waals surface area contributed by atoms with Crippen molar-refractivity contribution in [2.45, 2.75) is 44.4 Å². The molecule has 3 nitrogen and oxygen atoms in total. The molecule has 1 N–H and O–H groups in total. The van der Waals surface area contributed by atoms with Gasteiger partial charge in [0.25, 0.3) is 0 Å². The highest BCUT2D eigenvalue weighted by Crippen LogP contribution is 2.35. The van der Waals surface area contributed by atoms with Gasteiger partial charge in [-0.1, -0.05) is 24.3 Å². The molecule has 3 rings (SSSR count). The van der Waals surface area contributed by atoms with E-state index >= 15 is 0 Å². The quantitative estimate of drug-likeness (QED) is 0.871. The Morgan fingerprint density at radius 3 is 2.90 bits per heavy atom. The normalized spacial score (nSPS) is 27.0. The Labute approximate surface area is 128 Å². The lowest BCUT2D eigenvalue weighted by molar-refractivity contribution is 0.119. The lowest BCUT2D eigenvalue weighted by atomic mass is 9.84. The maximum Gasteiger partial charge on any atom is 0.0713 e. The predicted molar refractivity (Wildman–Crippen MR) is 86.3 cm³/mol. The van der Waals surface area contributed by atoms with Crippen LogP contribution >= 0.6 is 0 Å². The molecule has 1 aliphatic heterocycles. The third-order valence-electron chi connectivity index (χ3n) is 4.86. The van der Waals surface area contributed by atoms with Crippen LogP contribution in [-0.4, -0.2) is 38.2 Å². The maximum atomic E-state index is 5.29. The van der Waals surface area contributed by atoms with Crippen molar-refractivity contribution in [3.05, 3.63) is 35.4 Å². The molecule has 0 radical (unpaired) electrons. The SMILES string of the molecule is COCc1cccc(C2C(CNC3CC3)CCCN2C)c1. The van der Waals surface area contributed by atoms with Gasteiger partial charge in [-0.25, -0.2) is 0 Å². The van der Waals surface area contributed by atoms with Crippen LogP contribution < -0.4 is 5.32 Å². The summed E-state index contributed by atoms with van der Waals surface area (Å²) in [5, 5.41) is 3.74. The van der Waals surface area contributed by atoms with Crippen molar-refractivity contribution >= 4 is 0 Å².